The minimum absolute atomic E-state index is 0.0944. The molecule has 1 aliphatic rings. The molecule has 1 fully saturated rings. The molecular formula is C16H18ClNO4. The number of benzene rings is 1. The minimum Gasteiger partial charge on any atom is -0.481 e. The molecule has 22 heavy (non-hydrogen) atoms. The van der Waals surface area contributed by atoms with Crippen LogP contribution in [-0.4, -0.2) is 40.8 Å². The molecule has 0 aromatic heterocycles. The topological polar surface area (TPSA) is 74.7 Å². The molecule has 6 heteroatoms. The van der Waals surface area contributed by atoms with Crippen LogP contribution in [0.15, 0.2) is 24.3 Å². The third kappa shape index (κ3) is 3.65. The Morgan fingerprint density at radius 2 is 1.86 bits per heavy atom. The van der Waals surface area contributed by atoms with Crippen molar-refractivity contribution in [2.24, 2.45) is 5.41 Å². The highest BCUT2D eigenvalue weighted by atomic mass is 35.5. The van der Waals surface area contributed by atoms with Crippen molar-refractivity contribution >= 4 is 29.3 Å². The second-order valence-corrected chi connectivity index (χ2v) is 6.30. The van der Waals surface area contributed by atoms with Gasteiger partial charge in [-0.1, -0.05) is 11.6 Å². The average Bonchev–Trinajstić information content (AvgIpc) is 2.89. The zero-order valence-corrected chi connectivity index (χ0v) is 13.1. The predicted molar refractivity (Wildman–Crippen MR) is 82.0 cm³/mol. The Morgan fingerprint density at radius 3 is 2.41 bits per heavy atom. The van der Waals surface area contributed by atoms with Gasteiger partial charge in [0.1, 0.15) is 0 Å². The fourth-order valence-electron chi connectivity index (χ4n) is 2.51. The fourth-order valence-corrected chi connectivity index (χ4v) is 2.63. The molecule has 0 aliphatic carbocycles. The van der Waals surface area contributed by atoms with Gasteiger partial charge in [-0.3, -0.25) is 14.4 Å². The zero-order valence-electron chi connectivity index (χ0n) is 12.3. The number of hydrogen-bond acceptors (Lipinski definition) is 3. The van der Waals surface area contributed by atoms with Gasteiger partial charge in [0.2, 0.25) is 5.91 Å². The van der Waals surface area contributed by atoms with Crippen molar-refractivity contribution in [2.75, 3.05) is 13.1 Å². The molecule has 118 valence electrons. The Kier molecular flexibility index (Phi) is 4.86. The largest absolute Gasteiger partial charge is 0.481 e. The number of carboxylic acid groups (broad SMARTS) is 1. The Balaban J connectivity index is 1.87. The third-order valence-electron chi connectivity index (χ3n) is 4.07. The van der Waals surface area contributed by atoms with Crippen LogP contribution in [0.25, 0.3) is 0 Å². The molecule has 1 heterocycles. The van der Waals surface area contributed by atoms with Crippen molar-refractivity contribution in [1.82, 2.24) is 4.90 Å². The minimum atomic E-state index is -0.889. The van der Waals surface area contributed by atoms with Crippen molar-refractivity contribution < 1.29 is 19.5 Å². The fraction of sp³-hybridized carbons (Fsp3) is 0.438. The lowest BCUT2D eigenvalue weighted by Gasteiger charge is -2.20. The first-order chi connectivity index (χ1) is 10.3. The number of carbonyl (C=O) groups is 3. The third-order valence-corrected chi connectivity index (χ3v) is 4.33. The number of nitrogens with zero attached hydrogens (tertiary/aromatic N) is 1. The van der Waals surface area contributed by atoms with Crippen molar-refractivity contribution in [3.8, 4) is 0 Å². The van der Waals surface area contributed by atoms with Gasteiger partial charge in [0.05, 0.1) is 5.41 Å². The van der Waals surface area contributed by atoms with Gasteiger partial charge in [-0.25, -0.2) is 0 Å². The SMILES string of the molecule is CC1(C(=O)O)CCN(C(=O)CCC(=O)c2ccc(Cl)cc2)C1. The van der Waals surface area contributed by atoms with E-state index in [0.29, 0.717) is 23.6 Å². The summed E-state index contributed by atoms with van der Waals surface area (Å²) in [5.41, 5.74) is -0.357. The Bertz CT molecular complexity index is 599. The Hall–Kier alpha value is -1.88. The van der Waals surface area contributed by atoms with Gasteiger partial charge in [-0.05, 0) is 37.6 Å². The number of likely N-dealkylation sites (tertiary alicyclic amines) is 1. The number of carbonyl (C=O) groups excluding carboxylic acids is 2. The van der Waals surface area contributed by atoms with Crippen LogP contribution in [0.5, 0.6) is 0 Å². The van der Waals surface area contributed by atoms with Crippen molar-refractivity contribution in [3.63, 3.8) is 0 Å². The van der Waals surface area contributed by atoms with Gasteiger partial charge in [0, 0.05) is 36.5 Å². The lowest BCUT2D eigenvalue weighted by molar-refractivity contribution is -0.147. The van der Waals surface area contributed by atoms with Gasteiger partial charge >= 0.3 is 5.97 Å². The molecule has 0 spiro atoms. The monoisotopic (exact) mass is 323 g/mol. The van der Waals surface area contributed by atoms with Crippen molar-refractivity contribution in [2.45, 2.75) is 26.2 Å². The highest BCUT2D eigenvalue weighted by molar-refractivity contribution is 6.30. The van der Waals surface area contributed by atoms with Gasteiger partial charge in [-0.2, -0.15) is 0 Å². The maximum Gasteiger partial charge on any atom is 0.311 e. The number of Topliss-reactive ketones (excluding diaryl/α,β-unsaturated/α-hetero) is 1. The molecule has 1 aliphatic heterocycles. The summed E-state index contributed by atoms with van der Waals surface area (Å²) in [7, 11) is 0. The first-order valence-electron chi connectivity index (χ1n) is 7.12. The molecule has 1 unspecified atom stereocenters. The number of hydrogen-bond donors (Lipinski definition) is 1. The molecule has 0 saturated carbocycles. The van der Waals surface area contributed by atoms with E-state index < -0.39 is 11.4 Å². The van der Waals surface area contributed by atoms with Gasteiger partial charge in [-0.15, -0.1) is 0 Å². The Labute approximate surface area is 133 Å². The molecule has 5 nitrogen and oxygen atoms in total. The standard InChI is InChI=1S/C16H18ClNO4/c1-16(15(21)22)8-9-18(10-16)14(20)7-6-13(19)11-2-4-12(17)5-3-11/h2-5H,6-10H2,1H3,(H,21,22). The van der Waals surface area contributed by atoms with Gasteiger partial charge in [0.25, 0.3) is 0 Å². The first kappa shape index (κ1) is 16.5. The van der Waals surface area contributed by atoms with Gasteiger partial charge < -0.3 is 10.0 Å². The van der Waals surface area contributed by atoms with E-state index in [1.165, 1.54) is 4.90 Å². The van der Waals surface area contributed by atoms with Crippen LogP contribution in [0.4, 0.5) is 0 Å². The second kappa shape index (κ2) is 6.48. The summed E-state index contributed by atoms with van der Waals surface area (Å²) in [4.78, 5) is 36.8. The first-order valence-corrected chi connectivity index (χ1v) is 7.49. The molecule has 0 radical (unpaired) electrons. The summed E-state index contributed by atoms with van der Waals surface area (Å²) in [5.74, 6) is -1.18. The molecule has 1 atom stereocenters. The molecular weight excluding hydrogens is 306 g/mol. The van der Waals surface area contributed by atoms with Crippen molar-refractivity contribution in [3.05, 3.63) is 34.9 Å². The van der Waals surface area contributed by atoms with Crippen LogP contribution in [0.3, 0.4) is 0 Å². The van der Waals surface area contributed by atoms with Gasteiger partial charge in [0.15, 0.2) is 5.78 Å². The lowest BCUT2D eigenvalue weighted by Crippen LogP contribution is -2.34. The lowest BCUT2D eigenvalue weighted by atomic mass is 9.90. The summed E-state index contributed by atoms with van der Waals surface area (Å²) in [6.07, 6.45) is 0.650. The number of carboxylic acids is 1. The van der Waals surface area contributed by atoms with E-state index in [-0.39, 0.29) is 31.1 Å². The summed E-state index contributed by atoms with van der Waals surface area (Å²) in [6, 6.07) is 6.53. The number of aliphatic carboxylic acids is 1. The molecule has 1 N–H and O–H groups in total. The van der Waals surface area contributed by atoms with E-state index in [9.17, 15) is 14.4 Å². The van der Waals surface area contributed by atoms with Crippen LogP contribution in [0, 0.1) is 5.41 Å². The molecule has 1 aromatic rings. The van der Waals surface area contributed by atoms with Crippen LogP contribution in [0.1, 0.15) is 36.5 Å². The summed E-state index contributed by atoms with van der Waals surface area (Å²) >= 11 is 5.76. The van der Waals surface area contributed by atoms with Crippen LogP contribution in [-0.2, 0) is 9.59 Å². The second-order valence-electron chi connectivity index (χ2n) is 5.86. The number of halogens is 1. The van der Waals surface area contributed by atoms with E-state index in [1.807, 2.05) is 0 Å². The smallest absolute Gasteiger partial charge is 0.311 e. The van der Waals surface area contributed by atoms with Crippen LogP contribution >= 0.6 is 11.6 Å². The number of rotatable bonds is 5. The number of ketones is 1. The maximum absolute atomic E-state index is 12.1. The predicted octanol–water partition coefficient (Wildman–Crippen LogP) is 2.63. The van der Waals surface area contributed by atoms with E-state index in [1.54, 1.807) is 31.2 Å². The van der Waals surface area contributed by atoms with E-state index >= 15 is 0 Å². The molecule has 2 rings (SSSR count). The van der Waals surface area contributed by atoms with Crippen molar-refractivity contribution in [1.29, 1.82) is 0 Å². The number of amides is 1. The molecule has 0 bridgehead atoms. The average molecular weight is 324 g/mol. The normalized spacial score (nSPS) is 20.9. The molecule has 1 saturated heterocycles. The van der Waals surface area contributed by atoms with E-state index in [0.717, 1.165) is 0 Å². The highest BCUT2D eigenvalue weighted by Crippen LogP contribution is 2.30. The van der Waals surface area contributed by atoms with E-state index in [2.05, 4.69) is 0 Å². The Morgan fingerprint density at radius 1 is 1.23 bits per heavy atom. The maximum atomic E-state index is 12.1. The summed E-state index contributed by atoms with van der Waals surface area (Å²) in [6.45, 7) is 2.27. The van der Waals surface area contributed by atoms with Crippen LogP contribution < -0.4 is 0 Å². The zero-order chi connectivity index (χ0) is 16.3. The van der Waals surface area contributed by atoms with Crippen LogP contribution in [0.2, 0.25) is 5.02 Å². The molecule has 1 aromatic carbocycles. The summed E-state index contributed by atoms with van der Waals surface area (Å²) < 4.78 is 0. The summed E-state index contributed by atoms with van der Waals surface area (Å²) in [5, 5.41) is 9.71. The highest BCUT2D eigenvalue weighted by Gasteiger charge is 2.41. The molecule has 1 amide bonds. The quantitative estimate of drug-likeness (QED) is 0.845. The van der Waals surface area contributed by atoms with E-state index in [4.69, 9.17) is 16.7 Å².